The average Bonchev–Trinajstić information content (AvgIpc) is 2.54. The average molecular weight is 378 g/mol. The summed E-state index contributed by atoms with van der Waals surface area (Å²) in [6.45, 7) is 1.59. The second kappa shape index (κ2) is 8.94. The highest BCUT2D eigenvalue weighted by Gasteiger charge is 2.07. The minimum atomic E-state index is 0.493. The van der Waals surface area contributed by atoms with E-state index in [1.165, 1.54) is 5.56 Å². The molecule has 2 aromatic rings. The summed E-state index contributed by atoms with van der Waals surface area (Å²) in [5.41, 5.74) is 2.39. The molecule has 0 unspecified atom stereocenters. The van der Waals surface area contributed by atoms with E-state index in [2.05, 4.69) is 47.1 Å². The second-order valence-electron chi connectivity index (χ2n) is 5.77. The highest BCUT2D eigenvalue weighted by atomic mass is 79.9. The van der Waals surface area contributed by atoms with Crippen LogP contribution in [-0.4, -0.2) is 32.6 Å². The zero-order valence-electron chi connectivity index (χ0n) is 14.0. The van der Waals surface area contributed by atoms with Crippen LogP contribution in [0, 0.1) is 0 Å². The fourth-order valence-electron chi connectivity index (χ4n) is 2.42. The van der Waals surface area contributed by atoms with Gasteiger partial charge in [-0.15, -0.1) is 0 Å². The van der Waals surface area contributed by atoms with E-state index >= 15 is 0 Å². The van der Waals surface area contributed by atoms with Crippen LogP contribution in [0.5, 0.6) is 11.5 Å². The molecule has 4 heteroatoms. The van der Waals surface area contributed by atoms with Gasteiger partial charge in [-0.05, 0) is 79.2 Å². The van der Waals surface area contributed by atoms with Crippen molar-refractivity contribution < 1.29 is 9.47 Å². The maximum atomic E-state index is 5.93. The zero-order valence-corrected chi connectivity index (χ0v) is 15.6. The molecular formula is C19H24BrNO2. The number of para-hydroxylation sites is 1. The Labute approximate surface area is 147 Å². The highest BCUT2D eigenvalue weighted by Crippen LogP contribution is 2.27. The molecule has 0 aromatic heterocycles. The Morgan fingerprint density at radius 3 is 2.52 bits per heavy atom. The Balaban J connectivity index is 2.05. The van der Waals surface area contributed by atoms with Crippen LogP contribution in [0.4, 0.5) is 0 Å². The zero-order chi connectivity index (χ0) is 16.7. The van der Waals surface area contributed by atoms with Crippen LogP contribution < -0.4 is 9.47 Å². The van der Waals surface area contributed by atoms with Gasteiger partial charge in [0.15, 0.2) is 0 Å². The van der Waals surface area contributed by atoms with Crippen LogP contribution in [0.3, 0.4) is 0 Å². The molecular weight excluding hydrogens is 354 g/mol. The number of methoxy groups -OCH3 is 1. The Bertz CT molecular complexity index is 629. The van der Waals surface area contributed by atoms with Crippen molar-refractivity contribution >= 4 is 15.9 Å². The van der Waals surface area contributed by atoms with Gasteiger partial charge in [-0.1, -0.05) is 18.2 Å². The van der Waals surface area contributed by atoms with Crippen LogP contribution in [0.15, 0.2) is 46.9 Å². The van der Waals surface area contributed by atoms with Gasteiger partial charge >= 0.3 is 0 Å². The van der Waals surface area contributed by atoms with Gasteiger partial charge in [0.25, 0.3) is 0 Å². The molecule has 0 aliphatic heterocycles. The van der Waals surface area contributed by atoms with Crippen LogP contribution >= 0.6 is 15.9 Å². The Hall–Kier alpha value is -1.52. The third kappa shape index (κ3) is 5.56. The van der Waals surface area contributed by atoms with E-state index < -0.39 is 0 Å². The lowest BCUT2D eigenvalue weighted by atomic mass is 10.1. The van der Waals surface area contributed by atoms with Crippen LogP contribution in [0.1, 0.15) is 17.5 Å². The van der Waals surface area contributed by atoms with E-state index in [1.807, 2.05) is 30.3 Å². The number of nitrogens with zero attached hydrogens (tertiary/aromatic N) is 1. The topological polar surface area (TPSA) is 21.7 Å². The lowest BCUT2D eigenvalue weighted by molar-refractivity contribution is 0.294. The fraction of sp³-hybridized carbons (Fsp3) is 0.368. The summed E-state index contributed by atoms with van der Waals surface area (Å²) in [7, 11) is 5.90. The number of hydrogen-bond donors (Lipinski definition) is 0. The van der Waals surface area contributed by atoms with E-state index in [1.54, 1.807) is 7.11 Å². The molecule has 0 N–H and O–H groups in total. The molecule has 2 rings (SSSR count). The van der Waals surface area contributed by atoms with Crippen molar-refractivity contribution in [2.75, 3.05) is 27.7 Å². The molecule has 0 radical (unpaired) electrons. The standard InChI is InChI=1S/C19H24BrNO2/c1-21(2)12-6-7-15-10-11-18(22-3)16(13-15)14-23-19-9-5-4-8-17(19)20/h4-5,8-11,13H,6-7,12,14H2,1-3H3. The lowest BCUT2D eigenvalue weighted by Crippen LogP contribution is -2.13. The van der Waals surface area contributed by atoms with Crippen molar-refractivity contribution in [2.45, 2.75) is 19.4 Å². The monoisotopic (exact) mass is 377 g/mol. The second-order valence-corrected chi connectivity index (χ2v) is 6.63. The fourth-order valence-corrected chi connectivity index (χ4v) is 2.82. The molecule has 0 aliphatic rings. The molecule has 0 bridgehead atoms. The van der Waals surface area contributed by atoms with E-state index in [0.29, 0.717) is 6.61 Å². The Morgan fingerprint density at radius 1 is 1.04 bits per heavy atom. The van der Waals surface area contributed by atoms with Gasteiger partial charge in [-0.2, -0.15) is 0 Å². The molecule has 0 saturated carbocycles. The number of ether oxygens (including phenoxy) is 2. The van der Waals surface area contributed by atoms with E-state index in [0.717, 1.165) is 40.9 Å². The number of aryl methyl sites for hydroxylation is 1. The highest BCUT2D eigenvalue weighted by molar-refractivity contribution is 9.10. The number of hydrogen-bond acceptors (Lipinski definition) is 3. The first-order chi connectivity index (χ1) is 11.1. The summed E-state index contributed by atoms with van der Waals surface area (Å²) in [6.07, 6.45) is 2.20. The van der Waals surface area contributed by atoms with Gasteiger partial charge in [-0.3, -0.25) is 0 Å². The summed E-state index contributed by atoms with van der Waals surface area (Å²) in [6, 6.07) is 14.2. The van der Waals surface area contributed by atoms with Gasteiger partial charge in [0.1, 0.15) is 18.1 Å². The summed E-state index contributed by atoms with van der Waals surface area (Å²) >= 11 is 3.51. The first kappa shape index (κ1) is 17.8. The molecule has 0 amide bonds. The van der Waals surface area contributed by atoms with Crippen LogP contribution in [-0.2, 0) is 13.0 Å². The van der Waals surface area contributed by atoms with Crippen molar-refractivity contribution in [3.8, 4) is 11.5 Å². The summed E-state index contributed by atoms with van der Waals surface area (Å²) in [5, 5.41) is 0. The smallest absolute Gasteiger partial charge is 0.133 e. The Morgan fingerprint density at radius 2 is 1.83 bits per heavy atom. The predicted molar refractivity (Wildman–Crippen MR) is 98.3 cm³/mol. The molecule has 0 fully saturated rings. The third-order valence-electron chi connectivity index (χ3n) is 3.64. The summed E-state index contributed by atoms with van der Waals surface area (Å²) in [5.74, 6) is 1.71. The minimum Gasteiger partial charge on any atom is -0.496 e. The molecule has 0 heterocycles. The molecule has 0 saturated heterocycles. The van der Waals surface area contributed by atoms with Gasteiger partial charge in [0, 0.05) is 5.56 Å². The molecule has 124 valence electrons. The van der Waals surface area contributed by atoms with Crippen molar-refractivity contribution in [3.05, 3.63) is 58.1 Å². The van der Waals surface area contributed by atoms with E-state index in [-0.39, 0.29) is 0 Å². The molecule has 2 aromatic carbocycles. The molecule has 23 heavy (non-hydrogen) atoms. The van der Waals surface area contributed by atoms with Crippen molar-refractivity contribution in [1.29, 1.82) is 0 Å². The minimum absolute atomic E-state index is 0.493. The summed E-state index contributed by atoms with van der Waals surface area (Å²) < 4.78 is 12.3. The normalized spacial score (nSPS) is 10.8. The van der Waals surface area contributed by atoms with Crippen molar-refractivity contribution in [1.82, 2.24) is 4.90 Å². The molecule has 0 spiro atoms. The van der Waals surface area contributed by atoms with Crippen molar-refractivity contribution in [3.63, 3.8) is 0 Å². The number of rotatable bonds is 8. The van der Waals surface area contributed by atoms with E-state index in [4.69, 9.17) is 9.47 Å². The predicted octanol–water partition coefficient (Wildman–Crippen LogP) is 4.53. The summed E-state index contributed by atoms with van der Waals surface area (Å²) in [4.78, 5) is 2.21. The largest absolute Gasteiger partial charge is 0.496 e. The molecule has 3 nitrogen and oxygen atoms in total. The number of halogens is 1. The van der Waals surface area contributed by atoms with Crippen LogP contribution in [0.2, 0.25) is 0 Å². The quantitative estimate of drug-likeness (QED) is 0.674. The first-order valence-electron chi connectivity index (χ1n) is 7.78. The maximum absolute atomic E-state index is 5.93. The van der Waals surface area contributed by atoms with Gasteiger partial charge < -0.3 is 14.4 Å². The number of benzene rings is 2. The maximum Gasteiger partial charge on any atom is 0.133 e. The molecule has 0 atom stereocenters. The van der Waals surface area contributed by atoms with E-state index in [9.17, 15) is 0 Å². The first-order valence-corrected chi connectivity index (χ1v) is 8.57. The van der Waals surface area contributed by atoms with Gasteiger partial charge in [0.05, 0.1) is 11.6 Å². The third-order valence-corrected chi connectivity index (χ3v) is 4.29. The SMILES string of the molecule is COc1ccc(CCCN(C)C)cc1COc1ccccc1Br. The van der Waals surface area contributed by atoms with Gasteiger partial charge in [-0.25, -0.2) is 0 Å². The lowest BCUT2D eigenvalue weighted by Gasteiger charge is -2.14. The van der Waals surface area contributed by atoms with Gasteiger partial charge in [0.2, 0.25) is 0 Å². The van der Waals surface area contributed by atoms with Crippen molar-refractivity contribution in [2.24, 2.45) is 0 Å². The molecule has 0 aliphatic carbocycles. The van der Waals surface area contributed by atoms with Crippen LogP contribution in [0.25, 0.3) is 0 Å². The Kier molecular flexibility index (Phi) is 6.93.